The highest BCUT2D eigenvalue weighted by atomic mass is 16.5. The first-order valence-corrected chi connectivity index (χ1v) is 13.0. The van der Waals surface area contributed by atoms with Gasteiger partial charge in [-0.15, -0.1) is 0 Å². The number of nitrogens with one attached hydrogen (secondary N) is 1. The molecular formula is C27H41N3O4. The fourth-order valence-corrected chi connectivity index (χ4v) is 5.30. The van der Waals surface area contributed by atoms with Crippen LogP contribution in [0.15, 0.2) is 18.2 Å². The molecule has 2 amide bonds. The average molecular weight is 472 g/mol. The van der Waals surface area contributed by atoms with Crippen LogP contribution < -0.4 is 10.1 Å². The predicted octanol–water partition coefficient (Wildman–Crippen LogP) is 4.03. The van der Waals surface area contributed by atoms with Crippen LogP contribution in [0, 0.1) is 17.8 Å². The number of carbonyl (C=O) groups is 2. The molecule has 2 fully saturated rings. The van der Waals surface area contributed by atoms with Crippen LogP contribution in [0.25, 0.3) is 0 Å². The van der Waals surface area contributed by atoms with Gasteiger partial charge in [0.2, 0.25) is 5.91 Å². The van der Waals surface area contributed by atoms with Crippen molar-refractivity contribution in [3.05, 3.63) is 23.8 Å². The molecule has 1 aliphatic heterocycles. The van der Waals surface area contributed by atoms with Crippen LogP contribution in [0.5, 0.6) is 5.75 Å². The minimum absolute atomic E-state index is 0.0271. The van der Waals surface area contributed by atoms with Crippen molar-refractivity contribution >= 4 is 17.5 Å². The van der Waals surface area contributed by atoms with Gasteiger partial charge in [-0.3, -0.25) is 14.5 Å². The Balaban J connectivity index is 1.59. The van der Waals surface area contributed by atoms with Crippen LogP contribution in [0.2, 0.25) is 0 Å². The number of rotatable bonds is 5. The van der Waals surface area contributed by atoms with Crippen molar-refractivity contribution in [1.82, 2.24) is 9.80 Å². The number of ether oxygens (including phenoxy) is 2. The molecule has 0 saturated heterocycles. The van der Waals surface area contributed by atoms with E-state index in [0.717, 1.165) is 31.8 Å². The highest BCUT2D eigenvalue weighted by molar-refractivity contribution is 6.00. The molecule has 1 aromatic rings. The molecule has 7 nitrogen and oxygen atoms in total. The number of hydrogen-bond donors (Lipinski definition) is 1. The molecule has 2 aliphatic carbocycles. The van der Waals surface area contributed by atoms with Crippen molar-refractivity contribution < 1.29 is 19.1 Å². The molecule has 0 unspecified atom stereocenters. The van der Waals surface area contributed by atoms with Crippen LogP contribution in [0.1, 0.15) is 62.7 Å². The van der Waals surface area contributed by atoms with Gasteiger partial charge < -0.3 is 19.7 Å². The minimum atomic E-state index is -0.122. The summed E-state index contributed by atoms with van der Waals surface area (Å²) in [7, 11) is 3.55. The van der Waals surface area contributed by atoms with E-state index in [0.29, 0.717) is 30.2 Å². The normalized spacial score (nSPS) is 27.5. The van der Waals surface area contributed by atoms with Gasteiger partial charge in [0.1, 0.15) is 12.4 Å². The molecule has 1 N–H and O–H groups in total. The molecule has 0 radical (unpaired) electrons. The van der Waals surface area contributed by atoms with Crippen molar-refractivity contribution in [2.75, 3.05) is 45.7 Å². The monoisotopic (exact) mass is 471 g/mol. The van der Waals surface area contributed by atoms with E-state index in [1.807, 2.05) is 19.2 Å². The maximum absolute atomic E-state index is 13.4. The first-order valence-electron chi connectivity index (χ1n) is 13.0. The highest BCUT2D eigenvalue weighted by Gasteiger charge is 2.31. The Morgan fingerprint density at radius 1 is 1.15 bits per heavy atom. The molecule has 1 heterocycles. The van der Waals surface area contributed by atoms with E-state index in [1.165, 1.54) is 25.7 Å². The molecule has 188 valence electrons. The molecule has 0 spiro atoms. The smallest absolute Gasteiger partial charge is 0.257 e. The van der Waals surface area contributed by atoms with E-state index >= 15 is 0 Å². The molecule has 2 saturated carbocycles. The van der Waals surface area contributed by atoms with E-state index in [-0.39, 0.29) is 35.8 Å². The van der Waals surface area contributed by atoms with Gasteiger partial charge in [0.15, 0.2) is 0 Å². The second-order valence-corrected chi connectivity index (χ2v) is 10.7. The van der Waals surface area contributed by atoms with E-state index in [4.69, 9.17) is 9.47 Å². The standard InChI is InChI=1S/C27H41N3O4/c1-18-14-30(15-20-7-5-6-8-20)19(2)17-34-24-12-11-22(28-26(31)21-9-10-21)13-23(24)27(32)29(3)16-25(18)33-4/h11-13,18-21,25H,5-10,14-17H2,1-4H3,(H,28,31)/t18-,19+,25+/m0/s1. The van der Waals surface area contributed by atoms with Crippen molar-refractivity contribution in [3.8, 4) is 5.75 Å². The lowest BCUT2D eigenvalue weighted by atomic mass is 9.99. The van der Waals surface area contributed by atoms with Crippen molar-refractivity contribution in [2.24, 2.45) is 17.8 Å². The summed E-state index contributed by atoms with van der Waals surface area (Å²) in [5.41, 5.74) is 1.12. The summed E-state index contributed by atoms with van der Waals surface area (Å²) >= 11 is 0. The Labute approximate surface area is 204 Å². The van der Waals surface area contributed by atoms with Crippen LogP contribution >= 0.6 is 0 Å². The van der Waals surface area contributed by atoms with E-state index < -0.39 is 0 Å². The van der Waals surface area contributed by atoms with Crippen LogP contribution in [-0.2, 0) is 9.53 Å². The zero-order chi connectivity index (χ0) is 24.2. The van der Waals surface area contributed by atoms with Gasteiger partial charge in [0.25, 0.3) is 5.91 Å². The molecule has 0 aromatic heterocycles. The molecular weight excluding hydrogens is 430 g/mol. The lowest BCUT2D eigenvalue weighted by Gasteiger charge is -2.37. The number of fused-ring (bicyclic) bond motifs is 1. The van der Waals surface area contributed by atoms with Crippen molar-refractivity contribution in [1.29, 1.82) is 0 Å². The number of carbonyl (C=O) groups excluding carboxylic acids is 2. The maximum Gasteiger partial charge on any atom is 0.257 e. The summed E-state index contributed by atoms with van der Waals surface area (Å²) < 4.78 is 12.1. The number of methoxy groups -OCH3 is 1. The number of hydrogen-bond acceptors (Lipinski definition) is 5. The lowest BCUT2D eigenvalue weighted by Crippen LogP contribution is -2.47. The minimum Gasteiger partial charge on any atom is -0.491 e. The Hall–Kier alpha value is -2.12. The number of likely N-dealkylation sites (N-methyl/N-ethyl adjacent to an activating group) is 1. The van der Waals surface area contributed by atoms with Gasteiger partial charge in [0.05, 0.1) is 11.7 Å². The summed E-state index contributed by atoms with van der Waals surface area (Å²) in [6, 6.07) is 5.63. The third-order valence-corrected chi connectivity index (χ3v) is 7.76. The molecule has 0 bridgehead atoms. The fraction of sp³-hybridized carbons (Fsp3) is 0.704. The Bertz CT molecular complexity index is 865. The summed E-state index contributed by atoms with van der Waals surface area (Å²) in [5.74, 6) is 1.59. The number of amides is 2. The molecule has 34 heavy (non-hydrogen) atoms. The number of nitrogens with zero attached hydrogens (tertiary/aromatic N) is 2. The van der Waals surface area contributed by atoms with Crippen molar-refractivity contribution in [2.45, 2.75) is 64.5 Å². The summed E-state index contributed by atoms with van der Waals surface area (Å²) in [6.45, 7) is 7.44. The van der Waals surface area contributed by atoms with E-state index in [9.17, 15) is 9.59 Å². The first-order chi connectivity index (χ1) is 16.4. The molecule has 7 heteroatoms. The maximum atomic E-state index is 13.4. The number of anilines is 1. The topological polar surface area (TPSA) is 71.1 Å². The zero-order valence-corrected chi connectivity index (χ0v) is 21.2. The van der Waals surface area contributed by atoms with Gasteiger partial charge in [-0.25, -0.2) is 0 Å². The molecule has 4 rings (SSSR count). The third-order valence-electron chi connectivity index (χ3n) is 7.76. The van der Waals surface area contributed by atoms with Crippen LogP contribution in [-0.4, -0.2) is 74.2 Å². The molecule has 3 atom stereocenters. The summed E-state index contributed by atoms with van der Waals surface area (Å²) in [5, 5.41) is 2.96. The highest BCUT2D eigenvalue weighted by Crippen LogP contribution is 2.32. The second-order valence-electron chi connectivity index (χ2n) is 10.7. The van der Waals surface area contributed by atoms with Gasteiger partial charge in [-0.1, -0.05) is 19.8 Å². The molecule has 1 aromatic carbocycles. The van der Waals surface area contributed by atoms with Crippen LogP contribution in [0.3, 0.4) is 0 Å². The Morgan fingerprint density at radius 3 is 2.56 bits per heavy atom. The van der Waals surface area contributed by atoms with Gasteiger partial charge in [0, 0.05) is 51.4 Å². The van der Waals surface area contributed by atoms with E-state index in [1.54, 1.807) is 18.1 Å². The quantitative estimate of drug-likeness (QED) is 0.702. The predicted molar refractivity (Wildman–Crippen MR) is 133 cm³/mol. The largest absolute Gasteiger partial charge is 0.491 e. The van der Waals surface area contributed by atoms with Gasteiger partial charge in [-0.05, 0) is 62.6 Å². The Morgan fingerprint density at radius 2 is 1.88 bits per heavy atom. The van der Waals surface area contributed by atoms with Crippen LogP contribution in [0.4, 0.5) is 5.69 Å². The third kappa shape index (κ3) is 6.11. The van der Waals surface area contributed by atoms with Gasteiger partial charge >= 0.3 is 0 Å². The summed E-state index contributed by atoms with van der Waals surface area (Å²) in [4.78, 5) is 30.0. The summed E-state index contributed by atoms with van der Waals surface area (Å²) in [6.07, 6.45) is 7.09. The van der Waals surface area contributed by atoms with E-state index in [2.05, 4.69) is 24.1 Å². The zero-order valence-electron chi connectivity index (χ0n) is 21.2. The first kappa shape index (κ1) is 25.0. The lowest BCUT2D eigenvalue weighted by molar-refractivity contribution is -0.117. The number of benzene rings is 1. The molecule has 3 aliphatic rings. The average Bonchev–Trinajstić information content (AvgIpc) is 3.56. The SMILES string of the molecule is CO[C@@H]1CN(C)C(=O)c2cc(NC(=O)C3CC3)ccc2OC[C@@H](C)N(CC2CCCC2)C[C@@H]1C. The fourth-order valence-electron chi connectivity index (χ4n) is 5.30. The Kier molecular flexibility index (Phi) is 8.14. The van der Waals surface area contributed by atoms with Crippen molar-refractivity contribution in [3.63, 3.8) is 0 Å². The second kappa shape index (κ2) is 11.1. The van der Waals surface area contributed by atoms with Gasteiger partial charge in [-0.2, -0.15) is 0 Å².